The number of nitrogens with zero attached hydrogens (tertiary/aromatic N) is 1. The number of carboxylic acid groups (broad SMARTS) is 1. The van der Waals surface area contributed by atoms with Crippen molar-refractivity contribution in [1.29, 1.82) is 0 Å². The molecule has 14 heavy (non-hydrogen) atoms. The minimum absolute atomic E-state index is 0.435. The lowest BCUT2D eigenvalue weighted by molar-refractivity contribution is -0.132. The van der Waals surface area contributed by atoms with Crippen LogP contribution >= 0.6 is 0 Å². The van der Waals surface area contributed by atoms with E-state index in [4.69, 9.17) is 10.8 Å². The van der Waals surface area contributed by atoms with Crippen molar-refractivity contribution < 1.29 is 23.1 Å². The van der Waals surface area contributed by atoms with E-state index in [1.54, 1.807) is 0 Å². The van der Waals surface area contributed by atoms with Crippen molar-refractivity contribution in [2.24, 2.45) is 10.7 Å². The van der Waals surface area contributed by atoms with Crippen LogP contribution in [0.25, 0.3) is 0 Å². The summed E-state index contributed by atoms with van der Waals surface area (Å²) in [6.07, 6.45) is -4.82. The zero-order valence-electron chi connectivity index (χ0n) is 7.51. The SMILES string of the molecule is CN=C(/C(C(=O)O)=C(/C)N)C(F)(F)F. The monoisotopic (exact) mass is 210 g/mol. The first kappa shape index (κ1) is 12.5. The van der Waals surface area contributed by atoms with Gasteiger partial charge in [0.1, 0.15) is 5.57 Å². The quantitative estimate of drug-likeness (QED) is 0.526. The van der Waals surface area contributed by atoms with Crippen molar-refractivity contribution in [3.63, 3.8) is 0 Å². The molecule has 0 spiro atoms. The maximum atomic E-state index is 12.2. The van der Waals surface area contributed by atoms with Gasteiger partial charge in [0, 0.05) is 12.7 Å². The van der Waals surface area contributed by atoms with Gasteiger partial charge in [-0.2, -0.15) is 13.2 Å². The minimum atomic E-state index is -4.82. The molecule has 0 bridgehead atoms. The smallest absolute Gasteiger partial charge is 0.433 e. The van der Waals surface area contributed by atoms with E-state index in [0.29, 0.717) is 0 Å². The predicted octanol–water partition coefficient (Wildman–Crippen LogP) is 0.937. The maximum absolute atomic E-state index is 12.2. The van der Waals surface area contributed by atoms with Crippen molar-refractivity contribution in [2.75, 3.05) is 7.05 Å². The summed E-state index contributed by atoms with van der Waals surface area (Å²) in [6.45, 7) is 1.07. The highest BCUT2D eigenvalue weighted by atomic mass is 19.4. The zero-order valence-corrected chi connectivity index (χ0v) is 7.51. The summed E-state index contributed by atoms with van der Waals surface area (Å²) in [6, 6.07) is 0. The van der Waals surface area contributed by atoms with Gasteiger partial charge >= 0.3 is 12.1 Å². The number of alkyl halides is 3. The molecule has 0 radical (unpaired) electrons. The van der Waals surface area contributed by atoms with E-state index < -0.39 is 29.1 Å². The fraction of sp³-hybridized carbons (Fsp3) is 0.429. The summed E-state index contributed by atoms with van der Waals surface area (Å²) in [4.78, 5) is 13.3. The van der Waals surface area contributed by atoms with Gasteiger partial charge in [-0.15, -0.1) is 0 Å². The highest BCUT2D eigenvalue weighted by molar-refractivity contribution is 6.21. The van der Waals surface area contributed by atoms with E-state index in [0.717, 1.165) is 14.0 Å². The summed E-state index contributed by atoms with van der Waals surface area (Å²) in [5.74, 6) is -1.75. The second kappa shape index (κ2) is 4.12. The van der Waals surface area contributed by atoms with Gasteiger partial charge in [-0.05, 0) is 6.92 Å². The van der Waals surface area contributed by atoms with Crippen molar-refractivity contribution in [3.8, 4) is 0 Å². The molecule has 0 aromatic heterocycles. The molecule has 0 aromatic rings. The van der Waals surface area contributed by atoms with Crippen LogP contribution in [0.1, 0.15) is 6.92 Å². The molecule has 0 aromatic carbocycles. The van der Waals surface area contributed by atoms with E-state index >= 15 is 0 Å². The Kier molecular flexibility index (Phi) is 3.67. The standard InChI is InChI=1S/C7H9F3N2O2/c1-3(11)4(6(13)14)5(12-2)7(8,9)10/h11H2,1-2H3,(H,13,14)/b4-3+,12-5?. The van der Waals surface area contributed by atoms with Crippen LogP contribution in [0, 0.1) is 0 Å². The molecular formula is C7H9F3N2O2. The number of aliphatic carboxylic acids is 1. The number of hydrogen-bond donors (Lipinski definition) is 2. The van der Waals surface area contributed by atoms with Crippen LogP contribution in [0.3, 0.4) is 0 Å². The van der Waals surface area contributed by atoms with Gasteiger partial charge in [0.2, 0.25) is 0 Å². The van der Waals surface area contributed by atoms with E-state index in [1.807, 2.05) is 0 Å². The number of allylic oxidation sites excluding steroid dienone is 1. The Bertz CT molecular complexity index is 301. The van der Waals surface area contributed by atoms with E-state index in [9.17, 15) is 18.0 Å². The minimum Gasteiger partial charge on any atom is -0.478 e. The Balaban J connectivity index is 5.46. The Labute approximate surface area is 77.9 Å². The number of rotatable bonds is 2. The lowest BCUT2D eigenvalue weighted by Gasteiger charge is -2.11. The van der Waals surface area contributed by atoms with E-state index in [-0.39, 0.29) is 0 Å². The van der Waals surface area contributed by atoms with E-state index in [1.165, 1.54) is 0 Å². The molecule has 0 saturated heterocycles. The number of halogens is 3. The van der Waals surface area contributed by atoms with E-state index in [2.05, 4.69) is 4.99 Å². The Hall–Kier alpha value is -1.53. The average Bonchev–Trinajstić information content (AvgIpc) is 1.95. The summed E-state index contributed by atoms with van der Waals surface area (Å²) in [5.41, 5.74) is 2.10. The van der Waals surface area contributed by atoms with Crippen LogP contribution < -0.4 is 5.73 Å². The first-order valence-corrected chi connectivity index (χ1v) is 3.45. The van der Waals surface area contributed by atoms with Crippen molar-refractivity contribution >= 4 is 11.7 Å². The summed E-state index contributed by atoms with van der Waals surface area (Å²) >= 11 is 0. The van der Waals surface area contributed by atoms with Gasteiger partial charge in [0.15, 0.2) is 5.71 Å². The Morgan fingerprint density at radius 1 is 1.43 bits per heavy atom. The predicted molar refractivity (Wildman–Crippen MR) is 43.9 cm³/mol. The van der Waals surface area contributed by atoms with Gasteiger partial charge in [0.25, 0.3) is 0 Å². The number of aliphatic imine (C=N–C) groups is 1. The van der Waals surface area contributed by atoms with Crippen LogP contribution in [-0.2, 0) is 4.79 Å². The van der Waals surface area contributed by atoms with Crippen LogP contribution in [0.5, 0.6) is 0 Å². The molecule has 0 aliphatic heterocycles. The first-order valence-electron chi connectivity index (χ1n) is 3.45. The fourth-order valence-corrected chi connectivity index (χ4v) is 0.837. The van der Waals surface area contributed by atoms with Crippen LogP contribution in [0.4, 0.5) is 13.2 Å². The largest absolute Gasteiger partial charge is 0.478 e. The third kappa shape index (κ3) is 2.75. The fourth-order valence-electron chi connectivity index (χ4n) is 0.837. The van der Waals surface area contributed by atoms with Gasteiger partial charge in [0.05, 0.1) is 0 Å². The second-order valence-electron chi connectivity index (χ2n) is 2.43. The highest BCUT2D eigenvalue weighted by Gasteiger charge is 2.40. The average molecular weight is 210 g/mol. The molecule has 0 rings (SSSR count). The Morgan fingerprint density at radius 2 is 1.86 bits per heavy atom. The third-order valence-corrected chi connectivity index (χ3v) is 1.34. The molecule has 0 saturated carbocycles. The van der Waals surface area contributed by atoms with Crippen molar-refractivity contribution in [1.82, 2.24) is 0 Å². The molecule has 0 unspecified atom stereocenters. The highest BCUT2D eigenvalue weighted by Crippen LogP contribution is 2.23. The molecule has 0 fully saturated rings. The normalized spacial score (nSPS) is 15.1. The van der Waals surface area contributed by atoms with Gasteiger partial charge in [-0.3, -0.25) is 4.99 Å². The third-order valence-electron chi connectivity index (χ3n) is 1.34. The van der Waals surface area contributed by atoms with Gasteiger partial charge in [-0.1, -0.05) is 0 Å². The lowest BCUT2D eigenvalue weighted by atomic mass is 10.1. The molecule has 3 N–H and O–H groups in total. The molecule has 4 nitrogen and oxygen atoms in total. The lowest BCUT2D eigenvalue weighted by Crippen LogP contribution is -2.30. The Morgan fingerprint density at radius 3 is 1.93 bits per heavy atom. The summed E-state index contributed by atoms with van der Waals surface area (Å²) in [5, 5.41) is 8.49. The number of hydrogen-bond acceptors (Lipinski definition) is 3. The van der Waals surface area contributed by atoms with Crippen LogP contribution in [0.15, 0.2) is 16.3 Å². The van der Waals surface area contributed by atoms with Gasteiger partial charge < -0.3 is 10.8 Å². The van der Waals surface area contributed by atoms with Crippen LogP contribution in [0.2, 0.25) is 0 Å². The molecule has 0 heterocycles. The van der Waals surface area contributed by atoms with Gasteiger partial charge in [-0.25, -0.2) is 4.79 Å². The first-order chi connectivity index (χ1) is 6.21. The molecule has 0 aliphatic rings. The zero-order chi connectivity index (χ0) is 11.5. The molecular weight excluding hydrogens is 201 g/mol. The molecule has 0 aliphatic carbocycles. The molecule has 0 amide bonds. The summed E-state index contributed by atoms with van der Waals surface area (Å²) in [7, 11) is 0.856. The van der Waals surface area contributed by atoms with Crippen molar-refractivity contribution in [2.45, 2.75) is 13.1 Å². The maximum Gasteiger partial charge on any atom is 0.433 e. The molecule has 80 valence electrons. The number of nitrogens with two attached hydrogens (primary N) is 1. The van der Waals surface area contributed by atoms with Crippen molar-refractivity contribution in [3.05, 3.63) is 11.3 Å². The number of carbonyl (C=O) groups is 1. The second-order valence-corrected chi connectivity index (χ2v) is 2.43. The molecule has 0 atom stereocenters. The topological polar surface area (TPSA) is 75.7 Å². The molecule has 7 heteroatoms. The number of carboxylic acids is 1. The summed E-state index contributed by atoms with van der Waals surface area (Å²) < 4.78 is 36.6. The van der Waals surface area contributed by atoms with Crippen LogP contribution in [-0.4, -0.2) is 30.0 Å².